The van der Waals surface area contributed by atoms with Crippen LogP contribution in [0.5, 0.6) is 11.5 Å². The SMILES string of the molecule is COc1cccc(OC)c1-c1c(P(c2ccccc2)c2ccccc2)c2ccccc2n1C. The standard InChI is InChI=1S/C29H26NO2P/c1-30-24-18-11-10-17-23(24)29(28(30)27-25(31-2)19-12-20-26(27)32-3)33(21-13-6-4-7-14-21)22-15-8-5-9-16-22/h4-20H,1-3H3. The maximum absolute atomic E-state index is 5.85. The van der Waals surface area contributed by atoms with Crippen LogP contribution < -0.4 is 25.4 Å². The lowest BCUT2D eigenvalue weighted by molar-refractivity contribution is 0.397. The second-order valence-corrected chi connectivity index (χ2v) is 9.97. The molecule has 0 N–H and O–H groups in total. The summed E-state index contributed by atoms with van der Waals surface area (Å²) in [4.78, 5) is 0. The molecule has 3 nitrogen and oxygen atoms in total. The average Bonchev–Trinajstić information content (AvgIpc) is 3.17. The van der Waals surface area contributed by atoms with Crippen LogP contribution >= 0.6 is 7.92 Å². The lowest BCUT2D eigenvalue weighted by Crippen LogP contribution is -2.22. The van der Waals surface area contributed by atoms with Crippen molar-refractivity contribution in [3.8, 4) is 22.8 Å². The molecule has 5 rings (SSSR count). The predicted octanol–water partition coefficient (Wildman–Crippen LogP) is 5.62. The fraction of sp³-hybridized carbons (Fsp3) is 0.103. The van der Waals surface area contributed by atoms with E-state index in [2.05, 4.69) is 96.5 Å². The molecule has 0 saturated heterocycles. The highest BCUT2D eigenvalue weighted by Gasteiger charge is 2.29. The van der Waals surface area contributed by atoms with Crippen molar-refractivity contribution in [3.63, 3.8) is 0 Å². The first-order valence-electron chi connectivity index (χ1n) is 10.9. The molecule has 164 valence electrons. The highest BCUT2D eigenvalue weighted by molar-refractivity contribution is 7.80. The smallest absolute Gasteiger partial charge is 0.131 e. The van der Waals surface area contributed by atoms with Crippen LogP contribution in [-0.4, -0.2) is 18.8 Å². The second-order valence-electron chi connectivity index (χ2n) is 7.82. The largest absolute Gasteiger partial charge is 0.496 e. The molecule has 0 spiro atoms. The van der Waals surface area contributed by atoms with E-state index in [1.807, 2.05) is 18.2 Å². The first kappa shape index (κ1) is 21.3. The van der Waals surface area contributed by atoms with Gasteiger partial charge in [0.15, 0.2) is 0 Å². The van der Waals surface area contributed by atoms with Crippen LogP contribution in [0.15, 0.2) is 103 Å². The lowest BCUT2D eigenvalue weighted by atomic mass is 10.1. The van der Waals surface area contributed by atoms with Crippen LogP contribution in [0, 0.1) is 0 Å². The molecule has 0 fully saturated rings. The third-order valence-electron chi connectivity index (χ3n) is 6.00. The van der Waals surface area contributed by atoms with Crippen molar-refractivity contribution < 1.29 is 9.47 Å². The number of fused-ring (bicyclic) bond motifs is 1. The normalized spacial score (nSPS) is 11.2. The van der Waals surface area contributed by atoms with Crippen LogP contribution in [0.2, 0.25) is 0 Å². The van der Waals surface area contributed by atoms with Crippen molar-refractivity contribution in [1.29, 1.82) is 0 Å². The number of nitrogens with zero attached hydrogens (tertiary/aromatic N) is 1. The number of aryl methyl sites for hydroxylation is 1. The summed E-state index contributed by atoms with van der Waals surface area (Å²) in [7, 11) is 4.74. The number of ether oxygens (including phenoxy) is 2. The molecule has 0 unspecified atom stereocenters. The molecule has 0 saturated carbocycles. The number of para-hydroxylation sites is 1. The summed E-state index contributed by atoms with van der Waals surface area (Å²) < 4.78 is 14.0. The van der Waals surface area contributed by atoms with Gasteiger partial charge in [0, 0.05) is 23.3 Å². The van der Waals surface area contributed by atoms with Gasteiger partial charge in [0.2, 0.25) is 0 Å². The number of hydrogen-bond donors (Lipinski definition) is 0. The molecule has 0 bridgehead atoms. The molecule has 4 heteroatoms. The van der Waals surface area contributed by atoms with Gasteiger partial charge in [0.05, 0.1) is 25.5 Å². The Balaban J connectivity index is 1.93. The number of methoxy groups -OCH3 is 2. The lowest BCUT2D eigenvalue weighted by Gasteiger charge is -2.22. The molecule has 0 radical (unpaired) electrons. The molecule has 0 amide bonds. The topological polar surface area (TPSA) is 23.4 Å². The average molecular weight is 452 g/mol. The molecule has 0 atom stereocenters. The molecular formula is C29H26NO2P. The summed E-state index contributed by atoms with van der Waals surface area (Å²) >= 11 is 0. The van der Waals surface area contributed by atoms with E-state index in [1.165, 1.54) is 26.8 Å². The van der Waals surface area contributed by atoms with Crippen molar-refractivity contribution in [3.05, 3.63) is 103 Å². The molecule has 33 heavy (non-hydrogen) atoms. The van der Waals surface area contributed by atoms with Crippen molar-refractivity contribution in [2.45, 2.75) is 0 Å². The van der Waals surface area contributed by atoms with Gasteiger partial charge in [-0.3, -0.25) is 0 Å². The summed E-state index contributed by atoms with van der Waals surface area (Å²) in [5.41, 5.74) is 3.30. The highest BCUT2D eigenvalue weighted by atomic mass is 31.1. The van der Waals surface area contributed by atoms with Gasteiger partial charge in [-0.2, -0.15) is 0 Å². The number of aromatic nitrogens is 1. The van der Waals surface area contributed by atoms with Gasteiger partial charge in [-0.1, -0.05) is 84.9 Å². The molecule has 0 aliphatic carbocycles. The van der Waals surface area contributed by atoms with Crippen LogP contribution in [0.1, 0.15) is 0 Å². The predicted molar refractivity (Wildman–Crippen MR) is 140 cm³/mol. The van der Waals surface area contributed by atoms with E-state index < -0.39 is 7.92 Å². The van der Waals surface area contributed by atoms with Gasteiger partial charge in [-0.05, 0) is 36.7 Å². The van der Waals surface area contributed by atoms with Crippen molar-refractivity contribution in [1.82, 2.24) is 4.57 Å². The molecule has 5 aromatic rings. The van der Waals surface area contributed by atoms with Gasteiger partial charge < -0.3 is 14.0 Å². The Bertz CT molecular complexity index is 1330. The zero-order valence-corrected chi connectivity index (χ0v) is 19.9. The maximum atomic E-state index is 5.85. The van der Waals surface area contributed by atoms with E-state index in [4.69, 9.17) is 9.47 Å². The highest BCUT2D eigenvalue weighted by Crippen LogP contribution is 2.46. The van der Waals surface area contributed by atoms with Crippen LogP contribution in [-0.2, 0) is 7.05 Å². The minimum atomic E-state index is -0.836. The van der Waals surface area contributed by atoms with Crippen LogP contribution in [0.3, 0.4) is 0 Å². The summed E-state index contributed by atoms with van der Waals surface area (Å²) in [6, 6.07) is 36.3. The molecule has 0 aliphatic heterocycles. The van der Waals surface area contributed by atoms with Gasteiger partial charge in [0.25, 0.3) is 0 Å². The third-order valence-corrected chi connectivity index (χ3v) is 8.53. The molecule has 0 aliphatic rings. The van der Waals surface area contributed by atoms with Crippen LogP contribution in [0.4, 0.5) is 0 Å². The molecule has 1 aromatic heterocycles. The Morgan fingerprint density at radius 3 is 1.67 bits per heavy atom. The summed E-state index contributed by atoms with van der Waals surface area (Å²) in [5.74, 6) is 1.61. The fourth-order valence-electron chi connectivity index (χ4n) is 4.53. The summed E-state index contributed by atoms with van der Waals surface area (Å²) in [6.07, 6.45) is 0. The zero-order chi connectivity index (χ0) is 22.8. The second kappa shape index (κ2) is 9.13. The van der Waals surface area contributed by atoms with Crippen LogP contribution in [0.25, 0.3) is 22.2 Å². The van der Waals surface area contributed by atoms with Crippen molar-refractivity contribution in [2.75, 3.05) is 14.2 Å². The van der Waals surface area contributed by atoms with E-state index >= 15 is 0 Å². The van der Waals surface area contributed by atoms with Gasteiger partial charge in [0.1, 0.15) is 11.5 Å². The van der Waals surface area contributed by atoms with Crippen molar-refractivity contribution >= 4 is 34.7 Å². The number of benzene rings is 4. The minimum absolute atomic E-state index is 0.803. The van der Waals surface area contributed by atoms with Gasteiger partial charge >= 0.3 is 0 Å². The zero-order valence-electron chi connectivity index (χ0n) is 19.0. The molecule has 4 aromatic carbocycles. The summed E-state index contributed by atoms with van der Waals surface area (Å²) in [5, 5.41) is 5.18. The maximum Gasteiger partial charge on any atom is 0.131 e. The summed E-state index contributed by atoms with van der Waals surface area (Å²) in [6.45, 7) is 0. The van der Waals surface area contributed by atoms with Crippen molar-refractivity contribution in [2.24, 2.45) is 7.05 Å². The molecule has 1 heterocycles. The quantitative estimate of drug-likeness (QED) is 0.313. The fourth-order valence-corrected chi connectivity index (χ4v) is 7.19. The first-order valence-corrected chi connectivity index (χ1v) is 12.3. The Labute approximate surface area is 196 Å². The Morgan fingerprint density at radius 2 is 1.12 bits per heavy atom. The minimum Gasteiger partial charge on any atom is -0.496 e. The van der Waals surface area contributed by atoms with E-state index in [0.717, 1.165) is 22.8 Å². The Morgan fingerprint density at radius 1 is 0.606 bits per heavy atom. The Kier molecular flexibility index (Phi) is 5.90. The number of hydrogen-bond acceptors (Lipinski definition) is 2. The molecular weight excluding hydrogens is 425 g/mol. The van der Waals surface area contributed by atoms with E-state index in [-0.39, 0.29) is 0 Å². The monoisotopic (exact) mass is 451 g/mol. The number of rotatable bonds is 6. The third kappa shape index (κ3) is 3.69. The first-order chi connectivity index (χ1) is 16.2. The van der Waals surface area contributed by atoms with Gasteiger partial charge in [-0.15, -0.1) is 0 Å². The van der Waals surface area contributed by atoms with E-state index in [9.17, 15) is 0 Å². The Hall–Kier alpha value is -3.55. The van der Waals surface area contributed by atoms with E-state index in [1.54, 1.807) is 14.2 Å². The van der Waals surface area contributed by atoms with E-state index in [0.29, 0.717) is 0 Å². The van der Waals surface area contributed by atoms with Gasteiger partial charge in [-0.25, -0.2) is 0 Å².